The van der Waals surface area contributed by atoms with Gasteiger partial charge in [-0.3, -0.25) is 4.90 Å². The van der Waals surface area contributed by atoms with Crippen LogP contribution in [0, 0.1) is 5.92 Å². The van der Waals surface area contributed by atoms with Crippen LogP contribution in [0.15, 0.2) is 33.2 Å². The van der Waals surface area contributed by atoms with Gasteiger partial charge in [-0.15, -0.1) is 0 Å². The van der Waals surface area contributed by atoms with E-state index in [-0.39, 0.29) is 0 Å². The van der Waals surface area contributed by atoms with E-state index >= 15 is 0 Å². The normalized spacial score (nSPS) is 19.1. The Labute approximate surface area is 147 Å². The molecule has 1 fully saturated rings. The second kappa shape index (κ2) is 6.96. The first-order valence-electron chi connectivity index (χ1n) is 9.06. The van der Waals surface area contributed by atoms with Crippen LogP contribution in [0.5, 0.6) is 0 Å². The molecule has 4 rings (SSSR count). The van der Waals surface area contributed by atoms with E-state index in [4.69, 9.17) is 8.94 Å². The van der Waals surface area contributed by atoms with Gasteiger partial charge in [0.2, 0.25) is 5.89 Å². The summed E-state index contributed by atoms with van der Waals surface area (Å²) < 4.78 is 11.4. The molecule has 3 aromatic rings. The molecule has 0 spiro atoms. The molecule has 1 aromatic carbocycles. The van der Waals surface area contributed by atoms with Gasteiger partial charge in [0, 0.05) is 18.9 Å². The van der Waals surface area contributed by atoms with Crippen molar-refractivity contribution in [2.45, 2.75) is 45.6 Å². The Morgan fingerprint density at radius 3 is 2.96 bits per heavy atom. The van der Waals surface area contributed by atoms with Crippen LogP contribution in [0.2, 0.25) is 0 Å². The Bertz CT molecular complexity index is 806. The maximum Gasteiger partial charge on any atom is 0.240 e. The number of hydrogen-bond donors (Lipinski definition) is 0. The molecule has 3 heterocycles. The number of fused-ring (bicyclic) bond motifs is 1. The number of para-hydroxylation sites is 2. The maximum absolute atomic E-state index is 5.96. The van der Waals surface area contributed by atoms with Crippen LogP contribution in [0.4, 0.5) is 0 Å². The highest BCUT2D eigenvalue weighted by Gasteiger charge is 2.26. The van der Waals surface area contributed by atoms with E-state index in [2.05, 4.69) is 33.9 Å². The summed E-state index contributed by atoms with van der Waals surface area (Å²) in [6.45, 7) is 6.96. The lowest BCUT2D eigenvalue weighted by Gasteiger charge is -2.29. The molecular formula is C19H24N4O2. The topological polar surface area (TPSA) is 68.2 Å². The van der Waals surface area contributed by atoms with Gasteiger partial charge in [-0.1, -0.05) is 31.1 Å². The van der Waals surface area contributed by atoms with Gasteiger partial charge in [-0.25, -0.2) is 4.98 Å². The number of benzene rings is 1. The number of nitrogens with zero attached hydrogens (tertiary/aromatic N) is 4. The van der Waals surface area contributed by atoms with Crippen molar-refractivity contribution in [3.05, 3.63) is 41.9 Å². The van der Waals surface area contributed by atoms with E-state index < -0.39 is 0 Å². The molecule has 0 bridgehead atoms. The van der Waals surface area contributed by atoms with Gasteiger partial charge in [0.15, 0.2) is 17.3 Å². The molecule has 2 aromatic heterocycles. The van der Waals surface area contributed by atoms with Crippen molar-refractivity contribution in [2.24, 2.45) is 5.92 Å². The number of likely N-dealkylation sites (tertiary alicyclic amines) is 1. The largest absolute Gasteiger partial charge is 0.440 e. The van der Waals surface area contributed by atoms with Gasteiger partial charge >= 0.3 is 0 Å². The van der Waals surface area contributed by atoms with Crippen LogP contribution in [0.3, 0.4) is 0 Å². The summed E-state index contributed by atoms with van der Waals surface area (Å²) >= 11 is 0. The molecule has 0 N–H and O–H groups in total. The monoisotopic (exact) mass is 340 g/mol. The van der Waals surface area contributed by atoms with Gasteiger partial charge in [-0.05, 0) is 37.4 Å². The second-order valence-corrected chi connectivity index (χ2v) is 7.30. The summed E-state index contributed by atoms with van der Waals surface area (Å²) in [4.78, 5) is 11.5. The van der Waals surface area contributed by atoms with Crippen molar-refractivity contribution in [3.63, 3.8) is 0 Å². The first-order valence-corrected chi connectivity index (χ1v) is 9.06. The van der Waals surface area contributed by atoms with Crippen molar-refractivity contribution in [2.75, 3.05) is 13.1 Å². The Hall–Kier alpha value is -2.21. The molecular weight excluding hydrogens is 316 g/mol. The molecule has 0 saturated carbocycles. The number of oxazole rings is 1. The summed E-state index contributed by atoms with van der Waals surface area (Å²) in [5, 5.41) is 4.08. The van der Waals surface area contributed by atoms with Gasteiger partial charge in [0.05, 0.1) is 6.54 Å². The maximum atomic E-state index is 5.96. The molecule has 6 heteroatoms. The zero-order valence-corrected chi connectivity index (χ0v) is 14.8. The van der Waals surface area contributed by atoms with Gasteiger partial charge in [-0.2, -0.15) is 4.98 Å². The molecule has 0 unspecified atom stereocenters. The summed E-state index contributed by atoms with van der Waals surface area (Å²) in [7, 11) is 0. The van der Waals surface area contributed by atoms with Crippen LogP contribution in [-0.2, 0) is 13.0 Å². The zero-order chi connectivity index (χ0) is 17.2. The predicted molar refractivity (Wildman–Crippen MR) is 94.1 cm³/mol. The van der Waals surface area contributed by atoms with Crippen LogP contribution >= 0.6 is 0 Å². The fraction of sp³-hybridized carbons (Fsp3) is 0.526. The van der Waals surface area contributed by atoms with E-state index in [9.17, 15) is 0 Å². The van der Waals surface area contributed by atoms with E-state index in [1.807, 2.05) is 24.3 Å². The molecule has 0 amide bonds. The quantitative estimate of drug-likeness (QED) is 0.704. The first kappa shape index (κ1) is 16.3. The lowest BCUT2D eigenvalue weighted by atomic mass is 9.98. The minimum absolute atomic E-state index is 0.319. The fourth-order valence-corrected chi connectivity index (χ4v) is 3.46. The highest BCUT2D eigenvalue weighted by molar-refractivity contribution is 5.72. The van der Waals surface area contributed by atoms with Crippen molar-refractivity contribution < 1.29 is 8.94 Å². The molecule has 1 aliphatic heterocycles. The van der Waals surface area contributed by atoms with Crippen LogP contribution in [0.25, 0.3) is 11.1 Å². The molecule has 0 aliphatic carbocycles. The predicted octanol–water partition coefficient (Wildman–Crippen LogP) is 3.79. The zero-order valence-electron chi connectivity index (χ0n) is 14.8. The molecule has 25 heavy (non-hydrogen) atoms. The minimum Gasteiger partial charge on any atom is -0.440 e. The third-order valence-electron chi connectivity index (χ3n) is 4.63. The minimum atomic E-state index is 0.319. The second-order valence-electron chi connectivity index (χ2n) is 7.30. The van der Waals surface area contributed by atoms with Gasteiger partial charge < -0.3 is 8.94 Å². The van der Waals surface area contributed by atoms with Crippen LogP contribution in [-0.4, -0.2) is 33.1 Å². The SMILES string of the molecule is CC(C)Cc1noc(CN2CCC[C@@H](c3nc4ccccc4o3)C2)n1. The number of rotatable bonds is 5. The number of hydrogen-bond acceptors (Lipinski definition) is 6. The molecule has 0 radical (unpaired) electrons. The number of aromatic nitrogens is 3. The molecule has 6 nitrogen and oxygen atoms in total. The van der Waals surface area contributed by atoms with Crippen LogP contribution in [0.1, 0.15) is 50.2 Å². The molecule has 1 saturated heterocycles. The highest BCUT2D eigenvalue weighted by Crippen LogP contribution is 2.29. The standard InChI is InChI=1S/C19H24N4O2/c1-13(2)10-17-21-18(25-22-17)12-23-9-5-6-14(11-23)19-20-15-7-3-4-8-16(15)24-19/h3-4,7-8,13-14H,5-6,9-12H2,1-2H3/t14-/m1/s1. The Morgan fingerprint density at radius 1 is 1.24 bits per heavy atom. The lowest BCUT2D eigenvalue weighted by Crippen LogP contribution is -2.34. The van der Waals surface area contributed by atoms with Crippen molar-refractivity contribution >= 4 is 11.1 Å². The summed E-state index contributed by atoms with van der Waals surface area (Å²) in [5.74, 6) is 3.20. The molecule has 132 valence electrons. The van der Waals surface area contributed by atoms with E-state index in [0.717, 1.165) is 55.2 Å². The Kier molecular flexibility index (Phi) is 4.53. The fourth-order valence-electron chi connectivity index (χ4n) is 3.46. The average Bonchev–Trinajstić information content (AvgIpc) is 3.21. The summed E-state index contributed by atoms with van der Waals surface area (Å²) in [5.41, 5.74) is 1.80. The van der Waals surface area contributed by atoms with Crippen LogP contribution < -0.4 is 0 Å². The van der Waals surface area contributed by atoms with E-state index in [0.29, 0.717) is 24.3 Å². The number of piperidine rings is 1. The average molecular weight is 340 g/mol. The van der Waals surface area contributed by atoms with E-state index in [1.165, 1.54) is 0 Å². The third-order valence-corrected chi connectivity index (χ3v) is 4.63. The first-order chi connectivity index (χ1) is 12.2. The lowest BCUT2D eigenvalue weighted by molar-refractivity contribution is 0.167. The van der Waals surface area contributed by atoms with Crippen molar-refractivity contribution in [1.29, 1.82) is 0 Å². The van der Waals surface area contributed by atoms with Crippen molar-refractivity contribution in [1.82, 2.24) is 20.0 Å². The third kappa shape index (κ3) is 3.74. The highest BCUT2D eigenvalue weighted by atomic mass is 16.5. The summed E-state index contributed by atoms with van der Waals surface area (Å²) in [6.07, 6.45) is 3.08. The smallest absolute Gasteiger partial charge is 0.240 e. The Morgan fingerprint density at radius 2 is 2.12 bits per heavy atom. The van der Waals surface area contributed by atoms with Gasteiger partial charge in [0.1, 0.15) is 5.52 Å². The van der Waals surface area contributed by atoms with Gasteiger partial charge in [0.25, 0.3) is 0 Å². The molecule has 1 atom stereocenters. The molecule has 1 aliphatic rings. The Balaban J connectivity index is 1.43. The summed E-state index contributed by atoms with van der Waals surface area (Å²) in [6, 6.07) is 7.94. The van der Waals surface area contributed by atoms with E-state index in [1.54, 1.807) is 0 Å². The van der Waals surface area contributed by atoms with Crippen molar-refractivity contribution in [3.8, 4) is 0 Å².